The van der Waals surface area contributed by atoms with Crippen LogP contribution in [0.5, 0.6) is 23.0 Å². The van der Waals surface area contributed by atoms with Gasteiger partial charge in [0.15, 0.2) is 17.6 Å². The number of hydrogen-bond donors (Lipinski definition) is 1. The van der Waals surface area contributed by atoms with Gasteiger partial charge in [-0.1, -0.05) is 42.5 Å². The van der Waals surface area contributed by atoms with Crippen molar-refractivity contribution >= 4 is 0 Å². The van der Waals surface area contributed by atoms with Gasteiger partial charge >= 0.3 is 0 Å². The molecule has 1 fully saturated rings. The molecule has 2 heterocycles. The quantitative estimate of drug-likeness (QED) is 0.431. The minimum Gasteiger partial charge on any atom is -0.486 e. The van der Waals surface area contributed by atoms with Crippen LogP contribution in [0.15, 0.2) is 78.9 Å². The summed E-state index contributed by atoms with van der Waals surface area (Å²) in [6, 6.07) is 25.6. The van der Waals surface area contributed by atoms with Crippen molar-refractivity contribution in [2.45, 2.75) is 18.8 Å². The number of benzene rings is 3. The highest BCUT2D eigenvalue weighted by atomic mass is 16.6. The maximum Gasteiger partial charge on any atom is 0.161 e. The second-order valence-corrected chi connectivity index (χ2v) is 9.49. The minimum absolute atomic E-state index is 0.189. The summed E-state index contributed by atoms with van der Waals surface area (Å²) in [6.45, 7) is 5.49. The zero-order valence-corrected chi connectivity index (χ0v) is 20.5. The fourth-order valence-electron chi connectivity index (χ4n) is 4.84. The van der Waals surface area contributed by atoms with E-state index in [9.17, 15) is 5.11 Å². The molecule has 1 saturated heterocycles. The lowest BCUT2D eigenvalue weighted by molar-refractivity contribution is -0.950. The van der Waals surface area contributed by atoms with Crippen LogP contribution in [0, 0.1) is 0 Å². The molecular formula is C29H34NO6+. The van der Waals surface area contributed by atoms with Gasteiger partial charge in [0.1, 0.15) is 50.4 Å². The summed E-state index contributed by atoms with van der Waals surface area (Å²) in [7, 11) is 0. The zero-order valence-electron chi connectivity index (χ0n) is 20.5. The van der Waals surface area contributed by atoms with Gasteiger partial charge in [-0.25, -0.2) is 0 Å². The van der Waals surface area contributed by atoms with Crippen LogP contribution in [0.4, 0.5) is 0 Å². The van der Waals surface area contributed by atoms with E-state index in [1.807, 2.05) is 66.7 Å². The maximum atomic E-state index is 10.9. The molecule has 0 aromatic heterocycles. The van der Waals surface area contributed by atoms with E-state index in [1.165, 1.54) is 5.56 Å². The molecule has 5 rings (SSSR count). The van der Waals surface area contributed by atoms with Gasteiger partial charge in [0.2, 0.25) is 0 Å². The highest BCUT2D eigenvalue weighted by Crippen LogP contribution is 2.31. The lowest BCUT2D eigenvalue weighted by atomic mass is 10.1. The number of aliphatic hydroxyl groups excluding tert-OH is 1. The number of quaternary nitrogens is 1. The van der Waals surface area contributed by atoms with Crippen LogP contribution in [0.3, 0.4) is 0 Å². The average molecular weight is 493 g/mol. The highest BCUT2D eigenvalue weighted by molar-refractivity contribution is 5.40. The van der Waals surface area contributed by atoms with E-state index >= 15 is 0 Å². The Balaban J connectivity index is 1.16. The number of morpholine rings is 1. The largest absolute Gasteiger partial charge is 0.486 e. The third kappa shape index (κ3) is 6.56. The van der Waals surface area contributed by atoms with Crippen LogP contribution in [0.25, 0.3) is 0 Å². The monoisotopic (exact) mass is 492 g/mol. The number of fused-ring (bicyclic) bond motifs is 1. The Bertz CT molecular complexity index is 1100. The molecule has 0 saturated carbocycles. The molecule has 7 nitrogen and oxygen atoms in total. The summed E-state index contributed by atoms with van der Waals surface area (Å²) in [6.07, 6.45) is -0.783. The Hall–Kier alpha value is -3.10. The maximum absolute atomic E-state index is 10.9. The number of nitrogens with zero attached hydrogens (tertiary/aromatic N) is 1. The molecule has 7 heteroatoms. The Morgan fingerprint density at radius 1 is 0.889 bits per heavy atom. The molecule has 0 amide bonds. The Labute approximate surface area is 212 Å². The van der Waals surface area contributed by atoms with Gasteiger partial charge in [-0.15, -0.1) is 0 Å². The summed E-state index contributed by atoms with van der Waals surface area (Å²) < 4.78 is 30.0. The zero-order chi connectivity index (χ0) is 24.6. The summed E-state index contributed by atoms with van der Waals surface area (Å²) in [5.41, 5.74) is 1.17. The fraction of sp³-hybridized carbons (Fsp3) is 0.379. The van der Waals surface area contributed by atoms with Crippen molar-refractivity contribution in [3.8, 4) is 23.0 Å². The fourth-order valence-corrected chi connectivity index (χ4v) is 4.84. The molecule has 0 spiro atoms. The number of aliphatic hydroxyl groups is 1. The highest BCUT2D eigenvalue weighted by Gasteiger charge is 2.33. The number of para-hydroxylation sites is 3. The molecule has 0 aliphatic carbocycles. The second-order valence-electron chi connectivity index (χ2n) is 9.49. The first kappa shape index (κ1) is 24.6. The van der Waals surface area contributed by atoms with Crippen molar-refractivity contribution in [1.29, 1.82) is 0 Å². The van der Waals surface area contributed by atoms with Crippen LogP contribution >= 0.6 is 0 Å². The predicted octanol–water partition coefficient (Wildman–Crippen LogP) is 4.04. The van der Waals surface area contributed by atoms with Crippen LogP contribution in [0.1, 0.15) is 5.56 Å². The topological polar surface area (TPSA) is 66.4 Å². The third-order valence-electron chi connectivity index (χ3n) is 6.59. The molecular weight excluding hydrogens is 458 g/mol. The molecule has 3 aromatic carbocycles. The molecule has 36 heavy (non-hydrogen) atoms. The first-order valence-corrected chi connectivity index (χ1v) is 12.6. The van der Waals surface area contributed by atoms with E-state index in [4.69, 9.17) is 23.7 Å². The van der Waals surface area contributed by atoms with Crippen molar-refractivity contribution in [2.24, 2.45) is 0 Å². The van der Waals surface area contributed by atoms with Gasteiger partial charge < -0.3 is 33.3 Å². The summed E-state index contributed by atoms with van der Waals surface area (Å²) in [5, 5.41) is 10.9. The normalized spacial score (nSPS) is 19.4. The molecule has 1 N–H and O–H groups in total. The lowest BCUT2D eigenvalue weighted by Gasteiger charge is -2.42. The van der Waals surface area contributed by atoms with Crippen LogP contribution in [-0.4, -0.2) is 74.5 Å². The van der Waals surface area contributed by atoms with Crippen LogP contribution in [-0.2, 0) is 16.0 Å². The van der Waals surface area contributed by atoms with Crippen molar-refractivity contribution in [3.05, 3.63) is 84.4 Å². The standard InChI is InChI=1S/C29H34NO6/c31-24(20-33-21-27-22-34-28-11-4-5-12-29(28)36-27)19-30(13-15-32-16-14-30)18-23-7-6-10-26(17-23)35-25-8-2-1-3-9-25/h1-12,17,24,27,31H,13-16,18-22H2/q+1/t24-,27+/m0/s1. The summed E-state index contributed by atoms with van der Waals surface area (Å²) >= 11 is 0. The average Bonchev–Trinajstić information content (AvgIpc) is 2.90. The predicted molar refractivity (Wildman–Crippen MR) is 136 cm³/mol. The van der Waals surface area contributed by atoms with Crippen molar-refractivity contribution in [2.75, 3.05) is 52.7 Å². The first-order valence-electron chi connectivity index (χ1n) is 12.6. The van der Waals surface area contributed by atoms with Gasteiger partial charge in [-0.05, 0) is 36.4 Å². The van der Waals surface area contributed by atoms with Crippen molar-refractivity contribution < 1.29 is 33.3 Å². The Morgan fingerprint density at radius 3 is 2.47 bits per heavy atom. The number of rotatable bonds is 10. The van der Waals surface area contributed by atoms with Gasteiger partial charge in [0, 0.05) is 5.56 Å². The number of hydrogen-bond acceptors (Lipinski definition) is 6. The summed E-state index contributed by atoms with van der Waals surface area (Å²) in [5.74, 6) is 3.11. The second kappa shape index (κ2) is 11.8. The molecule has 2 aliphatic heterocycles. The minimum atomic E-state index is -0.594. The van der Waals surface area contributed by atoms with Crippen LogP contribution in [0.2, 0.25) is 0 Å². The van der Waals surface area contributed by atoms with E-state index < -0.39 is 6.10 Å². The van der Waals surface area contributed by atoms with E-state index in [0.29, 0.717) is 33.0 Å². The van der Waals surface area contributed by atoms with E-state index in [-0.39, 0.29) is 12.7 Å². The molecule has 190 valence electrons. The lowest BCUT2D eigenvalue weighted by Crippen LogP contribution is -2.58. The van der Waals surface area contributed by atoms with Crippen molar-refractivity contribution in [3.63, 3.8) is 0 Å². The molecule has 2 atom stereocenters. The van der Waals surface area contributed by atoms with E-state index in [2.05, 4.69) is 12.1 Å². The van der Waals surface area contributed by atoms with Gasteiger partial charge in [-0.3, -0.25) is 0 Å². The molecule has 0 unspecified atom stereocenters. The van der Waals surface area contributed by atoms with E-state index in [1.54, 1.807) is 0 Å². The molecule has 0 radical (unpaired) electrons. The van der Waals surface area contributed by atoms with Gasteiger partial charge in [0.05, 0.1) is 26.4 Å². The summed E-state index contributed by atoms with van der Waals surface area (Å²) in [4.78, 5) is 0. The first-order chi connectivity index (χ1) is 17.7. The van der Waals surface area contributed by atoms with E-state index in [0.717, 1.165) is 47.1 Å². The van der Waals surface area contributed by atoms with Crippen LogP contribution < -0.4 is 14.2 Å². The molecule has 3 aromatic rings. The molecule has 2 aliphatic rings. The Morgan fingerprint density at radius 2 is 1.64 bits per heavy atom. The van der Waals surface area contributed by atoms with Crippen molar-refractivity contribution in [1.82, 2.24) is 0 Å². The van der Waals surface area contributed by atoms with Gasteiger partial charge in [-0.2, -0.15) is 0 Å². The smallest absolute Gasteiger partial charge is 0.161 e. The molecule has 0 bridgehead atoms. The Kier molecular flexibility index (Phi) is 8.03. The SMILES string of the molecule is O[C@H](COC[C@@H]1COc2ccccc2O1)C[N+]1(Cc2cccc(Oc3ccccc3)c2)CCOCC1. The number of ether oxygens (including phenoxy) is 5. The third-order valence-corrected chi connectivity index (χ3v) is 6.59. The van der Waals surface area contributed by atoms with Gasteiger partial charge in [0.25, 0.3) is 0 Å².